The molecule has 21 heavy (non-hydrogen) atoms. The summed E-state index contributed by atoms with van der Waals surface area (Å²) in [5, 5.41) is 15.0. The Kier molecular flexibility index (Phi) is 6.40. The van der Waals surface area contributed by atoms with Crippen LogP contribution in [0.1, 0.15) is 12.2 Å². The molecular weight excluding hydrogens is 271 g/mol. The highest BCUT2D eigenvalue weighted by molar-refractivity contribution is 5.57. The Hall–Kier alpha value is -1.69. The van der Waals surface area contributed by atoms with Crippen molar-refractivity contribution in [3.63, 3.8) is 0 Å². The lowest BCUT2D eigenvalue weighted by atomic mass is 10.2. The number of benzene rings is 1. The molecule has 1 heterocycles. The molecule has 0 saturated heterocycles. The summed E-state index contributed by atoms with van der Waals surface area (Å²) in [6.07, 6.45) is 0.992. The third-order valence-corrected chi connectivity index (χ3v) is 3.09. The molecule has 0 saturated carbocycles. The van der Waals surface area contributed by atoms with Crippen LogP contribution < -0.4 is 10.6 Å². The van der Waals surface area contributed by atoms with Crippen molar-refractivity contribution in [2.45, 2.75) is 13.0 Å². The van der Waals surface area contributed by atoms with Crippen LogP contribution in [0.4, 0.5) is 4.39 Å². The van der Waals surface area contributed by atoms with Crippen LogP contribution in [-0.2, 0) is 6.54 Å². The van der Waals surface area contributed by atoms with E-state index < -0.39 is 0 Å². The van der Waals surface area contributed by atoms with E-state index in [2.05, 4.69) is 10.6 Å². The average Bonchev–Trinajstić information content (AvgIpc) is 2.96. The van der Waals surface area contributed by atoms with Crippen LogP contribution in [0.2, 0.25) is 0 Å². The Balaban J connectivity index is 1.72. The molecular formula is C16H21FN2O2. The molecule has 0 amide bonds. The summed E-state index contributed by atoms with van der Waals surface area (Å²) < 4.78 is 18.6. The van der Waals surface area contributed by atoms with Gasteiger partial charge in [-0.1, -0.05) is 0 Å². The van der Waals surface area contributed by atoms with E-state index in [0.29, 0.717) is 13.1 Å². The molecule has 0 bridgehead atoms. The van der Waals surface area contributed by atoms with Crippen molar-refractivity contribution < 1.29 is 13.9 Å². The number of hydrogen-bond donors (Lipinski definition) is 3. The number of halogens is 1. The molecule has 5 heteroatoms. The van der Waals surface area contributed by atoms with E-state index in [1.54, 1.807) is 12.1 Å². The van der Waals surface area contributed by atoms with Crippen LogP contribution in [0.3, 0.4) is 0 Å². The third kappa shape index (κ3) is 5.30. The summed E-state index contributed by atoms with van der Waals surface area (Å²) in [4.78, 5) is 0. The van der Waals surface area contributed by atoms with E-state index in [1.165, 1.54) is 12.1 Å². The first-order valence-electron chi connectivity index (χ1n) is 7.16. The second-order valence-electron chi connectivity index (χ2n) is 4.78. The molecule has 0 fully saturated rings. The molecule has 1 aromatic heterocycles. The van der Waals surface area contributed by atoms with Gasteiger partial charge in [0.05, 0.1) is 13.2 Å². The molecule has 0 unspecified atom stereocenters. The smallest absolute Gasteiger partial charge is 0.134 e. The van der Waals surface area contributed by atoms with Crippen molar-refractivity contribution in [1.82, 2.24) is 10.6 Å². The molecule has 0 aliphatic rings. The molecule has 3 N–H and O–H groups in total. The average molecular weight is 292 g/mol. The van der Waals surface area contributed by atoms with Gasteiger partial charge >= 0.3 is 0 Å². The molecule has 0 aliphatic carbocycles. The zero-order valence-electron chi connectivity index (χ0n) is 11.9. The van der Waals surface area contributed by atoms with Crippen LogP contribution in [0.15, 0.2) is 40.8 Å². The summed E-state index contributed by atoms with van der Waals surface area (Å²) in [6.45, 7) is 3.24. The van der Waals surface area contributed by atoms with E-state index in [0.717, 1.165) is 36.6 Å². The fourth-order valence-corrected chi connectivity index (χ4v) is 2.00. The fraction of sp³-hybridized carbons (Fsp3) is 0.375. The first-order valence-corrected chi connectivity index (χ1v) is 7.16. The normalized spacial score (nSPS) is 11.0. The minimum atomic E-state index is -0.248. The molecule has 2 rings (SSSR count). The number of aliphatic hydroxyl groups is 1. The lowest BCUT2D eigenvalue weighted by molar-refractivity contribution is 0.292. The Morgan fingerprint density at radius 1 is 0.952 bits per heavy atom. The van der Waals surface area contributed by atoms with Gasteiger partial charge in [-0.25, -0.2) is 4.39 Å². The molecule has 1 aromatic carbocycles. The number of hydrogen-bond acceptors (Lipinski definition) is 4. The molecule has 2 aromatic rings. The van der Waals surface area contributed by atoms with Crippen molar-refractivity contribution in [3.05, 3.63) is 48.0 Å². The maximum absolute atomic E-state index is 12.9. The second-order valence-corrected chi connectivity index (χ2v) is 4.78. The Labute approximate surface area is 124 Å². The minimum Gasteiger partial charge on any atom is -0.460 e. The summed E-state index contributed by atoms with van der Waals surface area (Å²) in [7, 11) is 0. The van der Waals surface area contributed by atoms with Crippen LogP contribution in [0.5, 0.6) is 0 Å². The topological polar surface area (TPSA) is 57.4 Å². The highest BCUT2D eigenvalue weighted by atomic mass is 19.1. The molecule has 0 atom stereocenters. The van der Waals surface area contributed by atoms with Gasteiger partial charge in [0.2, 0.25) is 0 Å². The second kappa shape index (κ2) is 8.56. The molecule has 0 spiro atoms. The monoisotopic (exact) mass is 292 g/mol. The van der Waals surface area contributed by atoms with Gasteiger partial charge in [0, 0.05) is 12.1 Å². The standard InChI is InChI=1S/C16H21FN2O2/c17-14-4-2-13(3-5-14)16-7-6-15(21-16)12-19-9-1-8-18-10-11-20/h2-7,18-20H,1,8-12H2. The Bertz CT molecular complexity index is 525. The number of rotatable bonds is 9. The van der Waals surface area contributed by atoms with Crippen LogP contribution in [0, 0.1) is 5.82 Å². The first-order chi connectivity index (χ1) is 10.3. The van der Waals surface area contributed by atoms with Gasteiger partial charge in [0.15, 0.2) is 0 Å². The third-order valence-electron chi connectivity index (χ3n) is 3.09. The van der Waals surface area contributed by atoms with E-state index in [4.69, 9.17) is 9.52 Å². The SMILES string of the molecule is OCCNCCCNCc1ccc(-c2ccc(F)cc2)o1. The maximum atomic E-state index is 12.9. The van der Waals surface area contributed by atoms with Crippen LogP contribution in [-0.4, -0.2) is 31.3 Å². The van der Waals surface area contributed by atoms with Crippen molar-refractivity contribution in [3.8, 4) is 11.3 Å². The summed E-state index contributed by atoms with van der Waals surface area (Å²) in [5.74, 6) is 1.36. The number of aliphatic hydroxyl groups excluding tert-OH is 1. The largest absolute Gasteiger partial charge is 0.460 e. The van der Waals surface area contributed by atoms with Gasteiger partial charge in [0.1, 0.15) is 17.3 Å². The number of furan rings is 1. The predicted octanol–water partition coefficient (Wildman–Crippen LogP) is 2.15. The lowest BCUT2D eigenvalue weighted by Gasteiger charge is -2.04. The molecule has 114 valence electrons. The van der Waals surface area contributed by atoms with E-state index in [1.807, 2.05) is 12.1 Å². The Morgan fingerprint density at radius 2 is 1.71 bits per heavy atom. The zero-order valence-corrected chi connectivity index (χ0v) is 11.9. The summed E-state index contributed by atoms with van der Waals surface area (Å²) in [6, 6.07) is 10.1. The van der Waals surface area contributed by atoms with E-state index in [-0.39, 0.29) is 12.4 Å². The van der Waals surface area contributed by atoms with Gasteiger partial charge in [0.25, 0.3) is 0 Å². The maximum Gasteiger partial charge on any atom is 0.134 e. The molecule has 0 aliphatic heterocycles. The first kappa shape index (κ1) is 15.7. The summed E-state index contributed by atoms with van der Waals surface area (Å²) >= 11 is 0. The van der Waals surface area contributed by atoms with E-state index >= 15 is 0 Å². The van der Waals surface area contributed by atoms with Crippen LogP contribution in [0.25, 0.3) is 11.3 Å². The summed E-state index contributed by atoms with van der Waals surface area (Å²) in [5.41, 5.74) is 0.871. The highest BCUT2D eigenvalue weighted by Gasteiger charge is 2.04. The van der Waals surface area contributed by atoms with Gasteiger partial charge in [-0.2, -0.15) is 0 Å². The predicted molar refractivity (Wildman–Crippen MR) is 80.4 cm³/mol. The fourth-order valence-electron chi connectivity index (χ4n) is 2.00. The molecule has 4 nitrogen and oxygen atoms in total. The zero-order chi connectivity index (χ0) is 14.9. The lowest BCUT2D eigenvalue weighted by Crippen LogP contribution is -2.23. The van der Waals surface area contributed by atoms with Gasteiger partial charge < -0.3 is 20.2 Å². The van der Waals surface area contributed by atoms with Crippen LogP contribution >= 0.6 is 0 Å². The number of nitrogens with one attached hydrogen (secondary N) is 2. The minimum absolute atomic E-state index is 0.173. The van der Waals surface area contributed by atoms with Crippen molar-refractivity contribution in [2.75, 3.05) is 26.2 Å². The van der Waals surface area contributed by atoms with Gasteiger partial charge in [-0.15, -0.1) is 0 Å². The van der Waals surface area contributed by atoms with Crippen molar-refractivity contribution >= 4 is 0 Å². The highest BCUT2D eigenvalue weighted by Crippen LogP contribution is 2.22. The van der Waals surface area contributed by atoms with E-state index in [9.17, 15) is 4.39 Å². The molecule has 0 radical (unpaired) electrons. The quantitative estimate of drug-likeness (QED) is 0.620. The van der Waals surface area contributed by atoms with Gasteiger partial charge in [-0.05, 0) is 55.9 Å². The Morgan fingerprint density at radius 3 is 2.48 bits per heavy atom. The van der Waals surface area contributed by atoms with Gasteiger partial charge in [-0.3, -0.25) is 0 Å². The van der Waals surface area contributed by atoms with Crippen molar-refractivity contribution in [2.24, 2.45) is 0 Å². The van der Waals surface area contributed by atoms with Crippen molar-refractivity contribution in [1.29, 1.82) is 0 Å².